The van der Waals surface area contributed by atoms with E-state index in [9.17, 15) is 0 Å². The van der Waals surface area contributed by atoms with Crippen LogP contribution in [-0.2, 0) is 0 Å². The van der Waals surface area contributed by atoms with E-state index in [0.29, 0.717) is 12.1 Å². The molecule has 1 saturated carbocycles. The first kappa shape index (κ1) is 15.3. The van der Waals surface area contributed by atoms with E-state index in [-0.39, 0.29) is 0 Å². The molecule has 2 fully saturated rings. The van der Waals surface area contributed by atoms with Gasteiger partial charge in [-0.1, -0.05) is 32.6 Å². The molecule has 19 heavy (non-hydrogen) atoms. The molecule has 1 heterocycles. The van der Waals surface area contributed by atoms with Crippen molar-refractivity contribution in [2.24, 2.45) is 5.73 Å². The molecule has 3 atom stereocenters. The first-order valence-corrected chi connectivity index (χ1v) is 8.42. The van der Waals surface area contributed by atoms with E-state index in [2.05, 4.69) is 23.8 Å². The molecule has 3 nitrogen and oxygen atoms in total. The Labute approximate surface area is 119 Å². The van der Waals surface area contributed by atoms with Crippen LogP contribution in [0.1, 0.15) is 58.3 Å². The maximum Gasteiger partial charge on any atom is 0.0244 e. The Morgan fingerprint density at radius 3 is 2.53 bits per heavy atom. The second-order valence-electron chi connectivity index (χ2n) is 6.59. The molecule has 1 aliphatic heterocycles. The predicted molar refractivity (Wildman–Crippen MR) is 82.4 cm³/mol. The van der Waals surface area contributed by atoms with Crippen LogP contribution in [0.5, 0.6) is 0 Å². The van der Waals surface area contributed by atoms with Crippen molar-refractivity contribution in [3.63, 3.8) is 0 Å². The normalized spacial score (nSPS) is 34.4. The van der Waals surface area contributed by atoms with Crippen LogP contribution in [0, 0.1) is 0 Å². The highest BCUT2D eigenvalue weighted by molar-refractivity contribution is 4.87. The Morgan fingerprint density at radius 1 is 1.05 bits per heavy atom. The molecule has 2 aliphatic rings. The van der Waals surface area contributed by atoms with Crippen molar-refractivity contribution in [1.29, 1.82) is 0 Å². The van der Waals surface area contributed by atoms with Crippen molar-refractivity contribution in [2.45, 2.75) is 76.4 Å². The summed E-state index contributed by atoms with van der Waals surface area (Å²) in [4.78, 5) is 5.22. The minimum Gasteiger partial charge on any atom is -0.326 e. The molecule has 0 amide bonds. The van der Waals surface area contributed by atoms with Gasteiger partial charge in [-0.25, -0.2) is 0 Å². The van der Waals surface area contributed by atoms with Crippen molar-refractivity contribution in [2.75, 3.05) is 26.7 Å². The first-order chi connectivity index (χ1) is 9.22. The third-order valence-electron chi connectivity index (χ3n) is 5.25. The average molecular weight is 267 g/mol. The zero-order chi connectivity index (χ0) is 13.7. The van der Waals surface area contributed by atoms with Crippen molar-refractivity contribution < 1.29 is 0 Å². The van der Waals surface area contributed by atoms with E-state index in [4.69, 9.17) is 5.73 Å². The Kier molecular flexibility index (Phi) is 6.11. The topological polar surface area (TPSA) is 32.5 Å². The summed E-state index contributed by atoms with van der Waals surface area (Å²) < 4.78 is 0. The molecule has 3 unspecified atom stereocenters. The van der Waals surface area contributed by atoms with E-state index < -0.39 is 0 Å². The maximum absolute atomic E-state index is 6.44. The summed E-state index contributed by atoms with van der Waals surface area (Å²) in [6.07, 6.45) is 10.8. The van der Waals surface area contributed by atoms with Gasteiger partial charge in [-0.05, 0) is 45.8 Å². The molecule has 0 spiro atoms. The lowest BCUT2D eigenvalue weighted by Gasteiger charge is -2.37. The fourth-order valence-electron chi connectivity index (χ4n) is 4.03. The summed E-state index contributed by atoms with van der Waals surface area (Å²) >= 11 is 0. The van der Waals surface area contributed by atoms with Gasteiger partial charge in [-0.15, -0.1) is 0 Å². The Balaban J connectivity index is 1.87. The third kappa shape index (κ3) is 4.17. The molecule has 1 aliphatic carbocycles. The quantitative estimate of drug-likeness (QED) is 0.849. The zero-order valence-electron chi connectivity index (χ0n) is 13.0. The highest BCUT2D eigenvalue weighted by atomic mass is 15.2. The van der Waals surface area contributed by atoms with Crippen LogP contribution in [0.3, 0.4) is 0 Å². The number of nitrogens with two attached hydrogens (primary N) is 1. The molecule has 112 valence electrons. The summed E-state index contributed by atoms with van der Waals surface area (Å²) in [5.74, 6) is 0. The standard InChI is InChI=1S/C16H33N3/c1-3-19-12-8-9-14(19)13-18(2)16-11-7-5-4-6-10-15(16)17/h14-16H,3-13,17H2,1-2H3. The van der Waals surface area contributed by atoms with Crippen molar-refractivity contribution in [3.8, 4) is 0 Å². The van der Waals surface area contributed by atoms with Gasteiger partial charge >= 0.3 is 0 Å². The van der Waals surface area contributed by atoms with E-state index in [1.807, 2.05) is 0 Å². The number of likely N-dealkylation sites (N-methyl/N-ethyl adjacent to an activating group) is 2. The van der Waals surface area contributed by atoms with E-state index in [1.165, 1.54) is 71.0 Å². The lowest BCUT2D eigenvalue weighted by molar-refractivity contribution is 0.134. The van der Waals surface area contributed by atoms with Crippen LogP contribution in [0.2, 0.25) is 0 Å². The monoisotopic (exact) mass is 267 g/mol. The lowest BCUT2D eigenvalue weighted by atomic mass is 9.91. The molecule has 1 saturated heterocycles. The highest BCUT2D eigenvalue weighted by Gasteiger charge is 2.29. The van der Waals surface area contributed by atoms with Crippen LogP contribution in [0.4, 0.5) is 0 Å². The van der Waals surface area contributed by atoms with Crippen LogP contribution >= 0.6 is 0 Å². The van der Waals surface area contributed by atoms with Crippen LogP contribution in [0.15, 0.2) is 0 Å². The van der Waals surface area contributed by atoms with Gasteiger partial charge < -0.3 is 10.6 Å². The number of hydrogen-bond donors (Lipinski definition) is 1. The van der Waals surface area contributed by atoms with E-state index in [1.54, 1.807) is 0 Å². The highest BCUT2D eigenvalue weighted by Crippen LogP contribution is 2.23. The molecule has 2 N–H and O–H groups in total. The minimum absolute atomic E-state index is 0.391. The van der Waals surface area contributed by atoms with Gasteiger partial charge in [0.25, 0.3) is 0 Å². The van der Waals surface area contributed by atoms with E-state index >= 15 is 0 Å². The summed E-state index contributed by atoms with van der Waals surface area (Å²) in [5.41, 5.74) is 6.44. The number of rotatable bonds is 4. The van der Waals surface area contributed by atoms with Crippen molar-refractivity contribution in [3.05, 3.63) is 0 Å². The molecular formula is C16H33N3. The molecule has 0 aromatic heterocycles. The van der Waals surface area contributed by atoms with Gasteiger partial charge in [-0.2, -0.15) is 0 Å². The zero-order valence-corrected chi connectivity index (χ0v) is 13.0. The molecule has 3 heteroatoms. The number of hydrogen-bond acceptors (Lipinski definition) is 3. The fourth-order valence-corrected chi connectivity index (χ4v) is 4.03. The Hall–Kier alpha value is -0.120. The smallest absolute Gasteiger partial charge is 0.0244 e. The Morgan fingerprint density at radius 2 is 1.79 bits per heavy atom. The van der Waals surface area contributed by atoms with Crippen molar-refractivity contribution >= 4 is 0 Å². The van der Waals surface area contributed by atoms with E-state index in [0.717, 1.165) is 6.04 Å². The first-order valence-electron chi connectivity index (χ1n) is 8.42. The minimum atomic E-state index is 0.391. The van der Waals surface area contributed by atoms with Gasteiger partial charge in [0.2, 0.25) is 0 Å². The molecule has 0 aromatic rings. The second kappa shape index (κ2) is 7.61. The molecule has 0 aromatic carbocycles. The molecule has 2 rings (SSSR count). The maximum atomic E-state index is 6.44. The summed E-state index contributed by atoms with van der Waals surface area (Å²) in [6, 6.07) is 1.77. The van der Waals surface area contributed by atoms with Gasteiger partial charge in [0.05, 0.1) is 0 Å². The molecule has 0 radical (unpaired) electrons. The average Bonchev–Trinajstić information content (AvgIpc) is 2.81. The van der Waals surface area contributed by atoms with Gasteiger partial charge in [0.15, 0.2) is 0 Å². The lowest BCUT2D eigenvalue weighted by Crippen LogP contribution is -2.50. The number of likely N-dealkylation sites (tertiary alicyclic amines) is 1. The molecular weight excluding hydrogens is 234 g/mol. The van der Waals surface area contributed by atoms with Gasteiger partial charge in [-0.3, -0.25) is 4.90 Å². The SMILES string of the molecule is CCN1CCCC1CN(C)C1CCCCCCC1N. The summed E-state index contributed by atoms with van der Waals surface area (Å²) in [6.45, 7) is 6.01. The Bertz CT molecular complexity index is 256. The fraction of sp³-hybridized carbons (Fsp3) is 1.00. The molecule has 0 bridgehead atoms. The van der Waals surface area contributed by atoms with Crippen LogP contribution < -0.4 is 5.73 Å². The van der Waals surface area contributed by atoms with Crippen molar-refractivity contribution in [1.82, 2.24) is 9.80 Å². The predicted octanol–water partition coefficient (Wildman–Crippen LogP) is 2.45. The second-order valence-corrected chi connectivity index (χ2v) is 6.59. The number of nitrogens with zero attached hydrogens (tertiary/aromatic N) is 2. The van der Waals surface area contributed by atoms with Crippen LogP contribution in [-0.4, -0.2) is 54.6 Å². The largest absolute Gasteiger partial charge is 0.326 e. The third-order valence-corrected chi connectivity index (χ3v) is 5.25. The summed E-state index contributed by atoms with van der Waals surface area (Å²) in [5, 5.41) is 0. The summed E-state index contributed by atoms with van der Waals surface area (Å²) in [7, 11) is 2.30. The van der Waals surface area contributed by atoms with Gasteiger partial charge in [0.1, 0.15) is 0 Å². The van der Waals surface area contributed by atoms with Gasteiger partial charge in [0, 0.05) is 24.7 Å². The van der Waals surface area contributed by atoms with Crippen LogP contribution in [0.25, 0.3) is 0 Å².